The van der Waals surface area contributed by atoms with Gasteiger partial charge in [-0.3, -0.25) is 9.59 Å². The minimum Gasteiger partial charge on any atom is -0.378 e. The van der Waals surface area contributed by atoms with E-state index < -0.39 is 0 Å². The SMILES string of the molecule is CCC(C)SC1=C(NC2CC2)C(=O)c2ccccc2C1=O. The summed E-state index contributed by atoms with van der Waals surface area (Å²) < 4.78 is 0. The molecule has 0 saturated heterocycles. The fourth-order valence-electron chi connectivity index (χ4n) is 2.31. The Balaban J connectivity index is 2.03. The Bertz CT molecular complexity index is 631. The van der Waals surface area contributed by atoms with Gasteiger partial charge in [-0.2, -0.15) is 0 Å². The number of allylic oxidation sites excluding steroid dienone is 2. The lowest BCUT2D eigenvalue weighted by Crippen LogP contribution is -2.31. The standard InChI is InChI=1S/C17H19NO2S/c1-3-10(2)21-17-14(18-11-8-9-11)15(19)12-6-4-5-7-13(12)16(17)20/h4-7,10-11,18H,3,8-9H2,1-2H3. The first kappa shape index (κ1) is 14.4. The van der Waals surface area contributed by atoms with E-state index in [-0.39, 0.29) is 11.6 Å². The van der Waals surface area contributed by atoms with Crippen LogP contribution in [0.1, 0.15) is 53.8 Å². The summed E-state index contributed by atoms with van der Waals surface area (Å²) in [6, 6.07) is 7.48. The highest BCUT2D eigenvalue weighted by molar-refractivity contribution is 8.04. The van der Waals surface area contributed by atoms with E-state index in [9.17, 15) is 9.59 Å². The van der Waals surface area contributed by atoms with Gasteiger partial charge in [0, 0.05) is 22.4 Å². The van der Waals surface area contributed by atoms with Crippen LogP contribution in [-0.4, -0.2) is 22.9 Å². The monoisotopic (exact) mass is 301 g/mol. The molecule has 2 aliphatic carbocycles. The molecule has 1 fully saturated rings. The minimum atomic E-state index is -0.0390. The highest BCUT2D eigenvalue weighted by Gasteiger charge is 2.35. The first-order valence-corrected chi connectivity index (χ1v) is 8.35. The molecule has 1 aromatic carbocycles. The second-order valence-electron chi connectivity index (χ2n) is 5.66. The predicted molar refractivity (Wildman–Crippen MR) is 85.6 cm³/mol. The summed E-state index contributed by atoms with van der Waals surface area (Å²) in [6.07, 6.45) is 3.12. The third kappa shape index (κ3) is 2.77. The Morgan fingerprint density at radius 1 is 1.19 bits per heavy atom. The van der Waals surface area contributed by atoms with E-state index in [0.717, 1.165) is 19.3 Å². The molecule has 1 atom stereocenters. The third-order valence-electron chi connectivity index (χ3n) is 3.90. The molecule has 0 radical (unpaired) electrons. The summed E-state index contributed by atoms with van der Waals surface area (Å²) in [4.78, 5) is 26.1. The number of carbonyl (C=O) groups excluding carboxylic acids is 2. The maximum atomic E-state index is 12.8. The number of rotatable bonds is 5. The van der Waals surface area contributed by atoms with Crippen molar-refractivity contribution < 1.29 is 9.59 Å². The molecular formula is C17H19NO2S. The minimum absolute atomic E-state index is 0.0151. The summed E-state index contributed by atoms with van der Waals surface area (Å²) >= 11 is 1.52. The van der Waals surface area contributed by atoms with Gasteiger partial charge in [-0.05, 0) is 19.3 Å². The molecule has 4 heteroatoms. The van der Waals surface area contributed by atoms with Gasteiger partial charge in [0.1, 0.15) is 5.70 Å². The number of Topliss-reactive ketones (excluding diaryl/α,β-unsaturated/α-hetero) is 2. The van der Waals surface area contributed by atoms with E-state index in [1.165, 1.54) is 11.8 Å². The van der Waals surface area contributed by atoms with Crippen LogP contribution in [0.4, 0.5) is 0 Å². The molecule has 0 spiro atoms. The van der Waals surface area contributed by atoms with Crippen LogP contribution in [0.5, 0.6) is 0 Å². The van der Waals surface area contributed by atoms with Gasteiger partial charge in [-0.1, -0.05) is 38.1 Å². The number of ketones is 2. The van der Waals surface area contributed by atoms with Crippen molar-refractivity contribution in [2.75, 3.05) is 0 Å². The average molecular weight is 301 g/mol. The maximum Gasteiger partial charge on any atom is 0.210 e. The number of hydrogen-bond donors (Lipinski definition) is 1. The van der Waals surface area contributed by atoms with Crippen LogP contribution in [0.15, 0.2) is 34.9 Å². The Morgan fingerprint density at radius 2 is 1.81 bits per heavy atom. The van der Waals surface area contributed by atoms with Crippen LogP contribution in [0, 0.1) is 0 Å². The molecule has 0 heterocycles. The quantitative estimate of drug-likeness (QED) is 0.903. The molecule has 1 aromatic rings. The smallest absolute Gasteiger partial charge is 0.210 e. The molecule has 0 bridgehead atoms. The third-order valence-corrected chi connectivity index (χ3v) is 5.26. The number of fused-ring (bicyclic) bond motifs is 1. The van der Waals surface area contributed by atoms with Gasteiger partial charge in [-0.25, -0.2) is 0 Å². The molecule has 3 rings (SSSR count). The van der Waals surface area contributed by atoms with Crippen LogP contribution in [0.25, 0.3) is 0 Å². The number of thioether (sulfide) groups is 1. The van der Waals surface area contributed by atoms with Crippen LogP contribution >= 0.6 is 11.8 Å². The highest BCUT2D eigenvalue weighted by Crippen LogP contribution is 2.36. The Hall–Kier alpha value is -1.55. The van der Waals surface area contributed by atoms with Crippen molar-refractivity contribution in [2.24, 2.45) is 0 Å². The van der Waals surface area contributed by atoms with Gasteiger partial charge in [0.2, 0.25) is 11.6 Å². The molecule has 21 heavy (non-hydrogen) atoms. The fraction of sp³-hybridized carbons (Fsp3) is 0.412. The van der Waals surface area contributed by atoms with Gasteiger partial charge >= 0.3 is 0 Å². The topological polar surface area (TPSA) is 46.2 Å². The van der Waals surface area contributed by atoms with Crippen molar-refractivity contribution in [3.8, 4) is 0 Å². The van der Waals surface area contributed by atoms with E-state index in [1.54, 1.807) is 12.1 Å². The lowest BCUT2D eigenvalue weighted by molar-refractivity contribution is 0.0975. The molecule has 0 amide bonds. The van der Waals surface area contributed by atoms with Gasteiger partial charge in [0.25, 0.3) is 0 Å². The Kier molecular flexibility index (Phi) is 3.89. The zero-order valence-corrected chi connectivity index (χ0v) is 13.1. The van der Waals surface area contributed by atoms with Gasteiger partial charge < -0.3 is 5.32 Å². The number of benzene rings is 1. The Morgan fingerprint density at radius 3 is 2.38 bits per heavy atom. The number of hydrogen-bond acceptors (Lipinski definition) is 4. The van der Waals surface area contributed by atoms with E-state index in [1.807, 2.05) is 12.1 Å². The predicted octanol–water partition coefficient (Wildman–Crippen LogP) is 3.56. The number of nitrogens with one attached hydrogen (secondary N) is 1. The summed E-state index contributed by atoms with van der Waals surface area (Å²) in [7, 11) is 0. The van der Waals surface area contributed by atoms with E-state index in [4.69, 9.17) is 0 Å². The Labute approximate surface area is 129 Å². The number of carbonyl (C=O) groups is 2. The molecule has 1 saturated carbocycles. The summed E-state index contributed by atoms with van der Waals surface area (Å²) in [5.74, 6) is -0.0541. The normalized spacial score (nSPS) is 19.5. The molecule has 1 N–H and O–H groups in total. The van der Waals surface area contributed by atoms with Gasteiger partial charge in [-0.15, -0.1) is 11.8 Å². The van der Waals surface area contributed by atoms with Crippen molar-refractivity contribution in [3.05, 3.63) is 46.0 Å². The van der Waals surface area contributed by atoms with Crippen molar-refractivity contribution in [1.29, 1.82) is 0 Å². The first-order chi connectivity index (χ1) is 10.1. The van der Waals surface area contributed by atoms with Crippen molar-refractivity contribution in [2.45, 2.75) is 44.4 Å². The van der Waals surface area contributed by atoms with Crippen molar-refractivity contribution >= 4 is 23.3 Å². The van der Waals surface area contributed by atoms with Crippen LogP contribution < -0.4 is 5.32 Å². The van der Waals surface area contributed by atoms with E-state index in [0.29, 0.717) is 33.0 Å². The zero-order chi connectivity index (χ0) is 15.0. The molecule has 1 unspecified atom stereocenters. The molecule has 0 aliphatic heterocycles. The molecule has 2 aliphatic rings. The zero-order valence-electron chi connectivity index (χ0n) is 12.3. The first-order valence-electron chi connectivity index (χ1n) is 7.47. The summed E-state index contributed by atoms with van der Waals surface area (Å²) in [5.41, 5.74) is 1.58. The lowest BCUT2D eigenvalue weighted by Gasteiger charge is -2.23. The average Bonchev–Trinajstić information content (AvgIpc) is 3.32. The van der Waals surface area contributed by atoms with Crippen LogP contribution in [0.2, 0.25) is 0 Å². The van der Waals surface area contributed by atoms with Gasteiger partial charge in [0.05, 0.1) is 4.91 Å². The lowest BCUT2D eigenvalue weighted by atomic mass is 9.92. The molecule has 0 aromatic heterocycles. The second kappa shape index (κ2) is 5.68. The highest BCUT2D eigenvalue weighted by atomic mass is 32.2. The van der Waals surface area contributed by atoms with Crippen molar-refractivity contribution in [3.63, 3.8) is 0 Å². The van der Waals surface area contributed by atoms with Crippen molar-refractivity contribution in [1.82, 2.24) is 5.32 Å². The molecular weight excluding hydrogens is 282 g/mol. The molecule has 110 valence electrons. The largest absolute Gasteiger partial charge is 0.378 e. The van der Waals surface area contributed by atoms with Gasteiger partial charge in [0.15, 0.2) is 0 Å². The fourth-order valence-corrected chi connectivity index (χ4v) is 3.37. The van der Waals surface area contributed by atoms with Crippen LogP contribution in [0.3, 0.4) is 0 Å². The summed E-state index contributed by atoms with van der Waals surface area (Å²) in [6.45, 7) is 4.18. The second-order valence-corrected chi connectivity index (χ2v) is 7.11. The van der Waals surface area contributed by atoms with Crippen LogP contribution in [-0.2, 0) is 0 Å². The van der Waals surface area contributed by atoms with E-state index in [2.05, 4.69) is 19.2 Å². The maximum absolute atomic E-state index is 12.8. The molecule has 3 nitrogen and oxygen atoms in total. The van der Waals surface area contributed by atoms with E-state index >= 15 is 0 Å². The summed E-state index contributed by atoms with van der Waals surface area (Å²) in [5, 5.41) is 3.60.